The van der Waals surface area contributed by atoms with Crippen LogP contribution in [-0.4, -0.2) is 54.0 Å². The number of hydrogen-bond donors (Lipinski definition) is 3. The number of carbonyl (C=O) groups excluding carboxylic acids is 4. The second-order valence-electron chi connectivity index (χ2n) is 10.6. The van der Waals surface area contributed by atoms with Crippen LogP contribution in [-0.2, 0) is 43.3 Å². The molecule has 42 heavy (non-hydrogen) atoms. The van der Waals surface area contributed by atoms with E-state index in [4.69, 9.17) is 9.47 Å². The fourth-order valence-corrected chi connectivity index (χ4v) is 4.54. The van der Waals surface area contributed by atoms with Crippen LogP contribution in [0.2, 0.25) is 0 Å². The van der Waals surface area contributed by atoms with Crippen LogP contribution in [0.3, 0.4) is 0 Å². The SMILES string of the molecule is CC[C@H](NC(=O)OCc1ccccc1)C(=O)NC(Cc1ccccc1)C(=O)N[C@@H](Cc1ccccc1)C(=O)[C@@]1(C)CO1. The van der Waals surface area contributed by atoms with Crippen LogP contribution in [0.5, 0.6) is 0 Å². The van der Waals surface area contributed by atoms with Crippen molar-refractivity contribution >= 4 is 23.7 Å². The smallest absolute Gasteiger partial charge is 0.408 e. The minimum absolute atomic E-state index is 0.0588. The molecule has 3 N–H and O–H groups in total. The van der Waals surface area contributed by atoms with Gasteiger partial charge in [0.2, 0.25) is 11.8 Å². The van der Waals surface area contributed by atoms with Crippen molar-refractivity contribution in [3.63, 3.8) is 0 Å². The van der Waals surface area contributed by atoms with Gasteiger partial charge in [-0.1, -0.05) is 97.9 Å². The lowest BCUT2D eigenvalue weighted by Gasteiger charge is -2.26. The van der Waals surface area contributed by atoms with Crippen LogP contribution in [0.1, 0.15) is 37.0 Å². The summed E-state index contributed by atoms with van der Waals surface area (Å²) in [6.07, 6.45) is 0.00318. The van der Waals surface area contributed by atoms with E-state index in [1.165, 1.54) is 0 Å². The number of nitrogens with one attached hydrogen (secondary N) is 3. The Bertz CT molecular complexity index is 1350. The number of carbonyl (C=O) groups is 4. The molecule has 1 saturated heterocycles. The quantitative estimate of drug-likeness (QED) is 0.254. The third-order valence-corrected chi connectivity index (χ3v) is 7.16. The Morgan fingerprint density at radius 3 is 1.67 bits per heavy atom. The van der Waals surface area contributed by atoms with Crippen molar-refractivity contribution in [2.45, 2.75) is 63.4 Å². The Hall–Kier alpha value is -4.50. The van der Waals surface area contributed by atoms with E-state index >= 15 is 0 Å². The molecule has 3 amide bonds. The highest BCUT2D eigenvalue weighted by Crippen LogP contribution is 2.29. The average molecular weight is 572 g/mol. The Balaban J connectivity index is 1.45. The molecule has 0 radical (unpaired) electrons. The Kier molecular flexibility index (Phi) is 10.4. The topological polar surface area (TPSA) is 126 Å². The molecule has 4 rings (SSSR count). The maximum atomic E-state index is 13.7. The first-order valence-electron chi connectivity index (χ1n) is 14.1. The Morgan fingerprint density at radius 2 is 1.17 bits per heavy atom. The van der Waals surface area contributed by atoms with Crippen molar-refractivity contribution in [3.05, 3.63) is 108 Å². The van der Waals surface area contributed by atoms with Gasteiger partial charge in [-0.05, 0) is 36.5 Å². The minimum Gasteiger partial charge on any atom is -0.445 e. The second kappa shape index (κ2) is 14.4. The summed E-state index contributed by atoms with van der Waals surface area (Å²) in [7, 11) is 0. The summed E-state index contributed by atoms with van der Waals surface area (Å²) in [5.41, 5.74) is 1.58. The van der Waals surface area contributed by atoms with Gasteiger partial charge in [0, 0.05) is 6.42 Å². The van der Waals surface area contributed by atoms with Crippen molar-refractivity contribution in [1.82, 2.24) is 16.0 Å². The fourth-order valence-electron chi connectivity index (χ4n) is 4.54. The molecule has 9 heteroatoms. The van der Waals surface area contributed by atoms with Gasteiger partial charge in [-0.3, -0.25) is 14.4 Å². The number of ether oxygens (including phenoxy) is 2. The van der Waals surface area contributed by atoms with Gasteiger partial charge in [-0.2, -0.15) is 0 Å². The molecular weight excluding hydrogens is 534 g/mol. The third-order valence-electron chi connectivity index (χ3n) is 7.16. The molecular formula is C33H37N3O6. The molecule has 3 aromatic rings. The first-order valence-corrected chi connectivity index (χ1v) is 14.1. The molecule has 4 atom stereocenters. The van der Waals surface area contributed by atoms with E-state index in [2.05, 4.69) is 16.0 Å². The predicted octanol–water partition coefficient (Wildman–Crippen LogP) is 3.50. The lowest BCUT2D eigenvalue weighted by molar-refractivity contribution is -0.133. The minimum atomic E-state index is -1.00. The molecule has 1 aliphatic heterocycles. The van der Waals surface area contributed by atoms with Crippen LogP contribution in [0.4, 0.5) is 4.79 Å². The van der Waals surface area contributed by atoms with Crippen LogP contribution in [0.25, 0.3) is 0 Å². The number of rotatable bonds is 14. The van der Waals surface area contributed by atoms with Crippen molar-refractivity contribution in [3.8, 4) is 0 Å². The molecule has 0 spiro atoms. The van der Waals surface area contributed by atoms with E-state index < -0.39 is 41.6 Å². The van der Waals surface area contributed by atoms with Gasteiger partial charge in [0.05, 0.1) is 12.6 Å². The second-order valence-corrected chi connectivity index (χ2v) is 10.6. The highest BCUT2D eigenvalue weighted by Gasteiger charge is 2.50. The maximum Gasteiger partial charge on any atom is 0.408 e. The molecule has 1 unspecified atom stereocenters. The first kappa shape index (κ1) is 30.5. The first-order chi connectivity index (χ1) is 20.3. The Labute approximate surface area is 246 Å². The van der Waals surface area contributed by atoms with Crippen LogP contribution in [0.15, 0.2) is 91.0 Å². The third kappa shape index (κ3) is 8.75. The molecule has 3 aromatic carbocycles. The van der Waals surface area contributed by atoms with Gasteiger partial charge in [-0.15, -0.1) is 0 Å². The van der Waals surface area contributed by atoms with Gasteiger partial charge in [0.25, 0.3) is 0 Å². The monoisotopic (exact) mass is 571 g/mol. The van der Waals surface area contributed by atoms with Gasteiger partial charge in [-0.25, -0.2) is 4.79 Å². The molecule has 0 aromatic heterocycles. The van der Waals surface area contributed by atoms with E-state index in [-0.39, 0.29) is 31.7 Å². The van der Waals surface area contributed by atoms with Crippen LogP contribution >= 0.6 is 0 Å². The number of epoxide rings is 1. The van der Waals surface area contributed by atoms with E-state index in [1.54, 1.807) is 13.8 Å². The van der Waals surface area contributed by atoms with E-state index in [0.29, 0.717) is 6.61 Å². The normalized spacial score (nSPS) is 17.7. The number of hydrogen-bond acceptors (Lipinski definition) is 6. The molecule has 0 aliphatic carbocycles. The lowest BCUT2D eigenvalue weighted by atomic mass is 9.94. The number of ketones is 1. The highest BCUT2D eigenvalue weighted by molar-refractivity contribution is 5.98. The standard InChI is InChI=1S/C33H37N3O6/c1-3-26(36-32(40)41-21-25-17-11-6-12-18-25)30(38)35-28(20-24-15-9-5-10-16-24)31(39)34-27(29(37)33(2)22-42-33)19-23-13-7-4-8-14-23/h4-18,26-28H,3,19-22H2,1-2H3,(H,34,39)(H,35,38)(H,36,40)/t26-,27-,28?,33+/m0/s1. The maximum absolute atomic E-state index is 13.7. The molecule has 0 saturated carbocycles. The summed E-state index contributed by atoms with van der Waals surface area (Å²) in [6, 6.07) is 25.1. The highest BCUT2D eigenvalue weighted by atomic mass is 16.6. The number of Topliss-reactive ketones (excluding diaryl/α,β-unsaturated/α-hetero) is 1. The van der Waals surface area contributed by atoms with E-state index in [0.717, 1.165) is 16.7 Å². The van der Waals surface area contributed by atoms with Gasteiger partial charge in [0.1, 0.15) is 24.3 Å². The summed E-state index contributed by atoms with van der Waals surface area (Å²) in [6.45, 7) is 3.81. The predicted molar refractivity (Wildman–Crippen MR) is 157 cm³/mol. The largest absolute Gasteiger partial charge is 0.445 e. The zero-order valence-electron chi connectivity index (χ0n) is 23.9. The molecule has 0 bridgehead atoms. The van der Waals surface area contributed by atoms with E-state index in [9.17, 15) is 19.2 Å². The van der Waals surface area contributed by atoms with Crippen molar-refractivity contribution in [2.75, 3.05) is 6.61 Å². The van der Waals surface area contributed by atoms with Crippen molar-refractivity contribution in [2.24, 2.45) is 0 Å². The summed E-state index contributed by atoms with van der Waals surface area (Å²) in [5, 5.41) is 8.26. The average Bonchev–Trinajstić information content (AvgIpc) is 3.77. The van der Waals surface area contributed by atoms with Crippen molar-refractivity contribution in [1.29, 1.82) is 0 Å². The molecule has 1 aliphatic rings. The number of benzene rings is 3. The number of alkyl carbamates (subject to hydrolysis) is 1. The summed E-state index contributed by atoms with van der Waals surface area (Å²) in [4.78, 5) is 52.8. The molecule has 1 heterocycles. The molecule has 220 valence electrons. The van der Waals surface area contributed by atoms with Crippen LogP contribution in [0, 0.1) is 0 Å². The fraction of sp³-hybridized carbons (Fsp3) is 0.333. The molecule has 1 fully saturated rings. The zero-order valence-corrected chi connectivity index (χ0v) is 23.9. The summed E-state index contributed by atoms with van der Waals surface area (Å²) < 4.78 is 10.7. The van der Waals surface area contributed by atoms with Gasteiger partial charge < -0.3 is 25.4 Å². The van der Waals surface area contributed by atoms with Gasteiger partial charge in [0.15, 0.2) is 5.78 Å². The van der Waals surface area contributed by atoms with E-state index in [1.807, 2.05) is 91.0 Å². The zero-order chi connectivity index (χ0) is 30.0. The van der Waals surface area contributed by atoms with Crippen LogP contribution < -0.4 is 16.0 Å². The molecule has 9 nitrogen and oxygen atoms in total. The van der Waals surface area contributed by atoms with Crippen molar-refractivity contribution < 1.29 is 28.7 Å². The Morgan fingerprint density at radius 1 is 0.714 bits per heavy atom. The summed E-state index contributed by atoms with van der Waals surface area (Å²) in [5.74, 6) is -1.26. The van der Waals surface area contributed by atoms with Gasteiger partial charge >= 0.3 is 6.09 Å². The lowest BCUT2D eigenvalue weighted by Crippen LogP contribution is -2.57. The summed E-state index contributed by atoms with van der Waals surface area (Å²) >= 11 is 0. The number of amides is 3.